The van der Waals surface area contributed by atoms with Gasteiger partial charge in [-0.25, -0.2) is 4.98 Å². The molecule has 0 aliphatic carbocycles. The second-order valence-electron chi connectivity index (χ2n) is 8.87. The fourth-order valence-electron chi connectivity index (χ4n) is 4.66. The van der Waals surface area contributed by atoms with Crippen LogP contribution in [-0.4, -0.2) is 66.0 Å². The summed E-state index contributed by atoms with van der Waals surface area (Å²) < 4.78 is 5.31. The second-order valence-corrected chi connectivity index (χ2v) is 8.87. The summed E-state index contributed by atoms with van der Waals surface area (Å²) in [6.45, 7) is 12.1. The van der Waals surface area contributed by atoms with E-state index in [1.807, 2.05) is 6.92 Å². The fraction of sp³-hybridized carbons (Fsp3) is 0.583. The van der Waals surface area contributed by atoms with E-state index in [2.05, 4.69) is 57.8 Å². The Hall–Kier alpha value is -2.05. The molecular weight excluding hydrogens is 412 g/mol. The van der Waals surface area contributed by atoms with E-state index in [-0.39, 0.29) is 18.3 Å². The van der Waals surface area contributed by atoms with Gasteiger partial charge >= 0.3 is 0 Å². The van der Waals surface area contributed by atoms with E-state index in [4.69, 9.17) is 4.42 Å². The van der Waals surface area contributed by atoms with E-state index in [0.717, 1.165) is 69.8 Å². The average molecular weight is 447 g/mol. The summed E-state index contributed by atoms with van der Waals surface area (Å²) in [6, 6.07) is 9.06. The minimum Gasteiger partial charge on any atom is -0.449 e. The minimum atomic E-state index is 0. The zero-order chi connectivity index (χ0) is 21.1. The van der Waals surface area contributed by atoms with Gasteiger partial charge in [0.05, 0.1) is 0 Å². The molecule has 2 aliphatic rings. The van der Waals surface area contributed by atoms with Crippen molar-refractivity contribution in [1.82, 2.24) is 14.8 Å². The number of oxazole rings is 1. The zero-order valence-corrected chi connectivity index (χ0v) is 19.7. The summed E-state index contributed by atoms with van der Waals surface area (Å²) >= 11 is 0. The number of carbonyl (C=O) groups excluding carboxylic acids is 1. The zero-order valence-electron chi connectivity index (χ0n) is 18.9. The van der Waals surface area contributed by atoms with Crippen LogP contribution in [0.15, 0.2) is 34.9 Å². The SMILES string of the molecule is Cc1nc(-c2ccc(N3CCC(C(=O)N4CCCN(C(C)C)CC4)CC3)cc2)co1.Cl. The second kappa shape index (κ2) is 10.5. The molecule has 0 atom stereocenters. The van der Waals surface area contributed by atoms with Gasteiger partial charge in [-0.2, -0.15) is 0 Å². The predicted molar refractivity (Wildman–Crippen MR) is 127 cm³/mol. The first-order chi connectivity index (χ1) is 14.5. The van der Waals surface area contributed by atoms with Gasteiger partial charge in [-0.3, -0.25) is 9.69 Å². The molecular formula is C24H35ClN4O2. The standard InChI is InChI=1S/C24H34N4O2.ClH/c1-18(2)26-11-4-12-28(16-15-26)24(29)21-9-13-27(14-10-21)22-7-5-20(6-8-22)23-17-30-19(3)25-23;/h5-8,17-18,21H,4,9-16H2,1-3H3;1H. The van der Waals surface area contributed by atoms with Gasteiger partial charge in [0.1, 0.15) is 12.0 Å². The lowest BCUT2D eigenvalue weighted by atomic mass is 9.94. The van der Waals surface area contributed by atoms with E-state index >= 15 is 0 Å². The molecule has 2 aromatic rings. The third-order valence-corrected chi connectivity index (χ3v) is 6.56. The number of hydrogen-bond donors (Lipinski definition) is 0. The van der Waals surface area contributed by atoms with Gasteiger partial charge in [0.2, 0.25) is 5.91 Å². The van der Waals surface area contributed by atoms with Crippen LogP contribution in [0.25, 0.3) is 11.3 Å². The summed E-state index contributed by atoms with van der Waals surface area (Å²) in [6.07, 6.45) is 4.66. The Bertz CT molecular complexity index is 844. The highest BCUT2D eigenvalue weighted by Crippen LogP contribution is 2.27. The quantitative estimate of drug-likeness (QED) is 0.703. The molecule has 0 radical (unpaired) electrons. The van der Waals surface area contributed by atoms with Crippen molar-refractivity contribution in [3.63, 3.8) is 0 Å². The van der Waals surface area contributed by atoms with Crippen LogP contribution in [0.3, 0.4) is 0 Å². The molecule has 2 saturated heterocycles. The van der Waals surface area contributed by atoms with Crippen LogP contribution in [-0.2, 0) is 4.79 Å². The first-order valence-electron chi connectivity index (χ1n) is 11.3. The smallest absolute Gasteiger partial charge is 0.225 e. The normalized spacial score (nSPS) is 18.7. The molecule has 170 valence electrons. The fourth-order valence-corrected chi connectivity index (χ4v) is 4.66. The number of amides is 1. The van der Waals surface area contributed by atoms with Gasteiger partial charge in [0.25, 0.3) is 0 Å². The monoisotopic (exact) mass is 446 g/mol. The van der Waals surface area contributed by atoms with Gasteiger partial charge < -0.3 is 14.2 Å². The first-order valence-corrected chi connectivity index (χ1v) is 11.3. The number of nitrogens with zero attached hydrogens (tertiary/aromatic N) is 4. The van der Waals surface area contributed by atoms with Gasteiger partial charge in [0.15, 0.2) is 5.89 Å². The van der Waals surface area contributed by atoms with Crippen LogP contribution >= 0.6 is 12.4 Å². The molecule has 1 aromatic heterocycles. The maximum Gasteiger partial charge on any atom is 0.225 e. The van der Waals surface area contributed by atoms with E-state index < -0.39 is 0 Å². The summed E-state index contributed by atoms with van der Waals surface area (Å²) in [7, 11) is 0. The Morgan fingerprint density at radius 3 is 2.35 bits per heavy atom. The van der Waals surface area contributed by atoms with Crippen molar-refractivity contribution in [3.8, 4) is 11.3 Å². The van der Waals surface area contributed by atoms with Crippen molar-refractivity contribution in [2.75, 3.05) is 44.2 Å². The van der Waals surface area contributed by atoms with E-state index in [1.54, 1.807) is 6.26 Å². The van der Waals surface area contributed by atoms with Gasteiger partial charge in [-0.1, -0.05) is 12.1 Å². The number of anilines is 1. The lowest BCUT2D eigenvalue weighted by molar-refractivity contribution is -0.136. The molecule has 2 aliphatic heterocycles. The number of carbonyl (C=O) groups is 1. The van der Waals surface area contributed by atoms with Crippen molar-refractivity contribution in [1.29, 1.82) is 0 Å². The summed E-state index contributed by atoms with van der Waals surface area (Å²) in [4.78, 5) is 24.5. The highest BCUT2D eigenvalue weighted by atomic mass is 35.5. The van der Waals surface area contributed by atoms with E-state index in [1.165, 1.54) is 5.69 Å². The number of aromatic nitrogens is 1. The molecule has 2 fully saturated rings. The van der Waals surface area contributed by atoms with Crippen LogP contribution in [0.5, 0.6) is 0 Å². The first kappa shape index (κ1) is 23.6. The maximum absolute atomic E-state index is 13.1. The summed E-state index contributed by atoms with van der Waals surface area (Å²) in [5, 5.41) is 0. The van der Waals surface area contributed by atoms with Crippen LogP contribution in [0.4, 0.5) is 5.69 Å². The molecule has 1 amide bonds. The lowest BCUT2D eigenvalue weighted by Crippen LogP contribution is -2.44. The number of halogens is 1. The Labute approximate surface area is 192 Å². The van der Waals surface area contributed by atoms with Crippen molar-refractivity contribution in [2.45, 2.75) is 46.1 Å². The number of benzene rings is 1. The molecule has 1 aromatic carbocycles. The average Bonchev–Trinajstić information content (AvgIpc) is 3.05. The summed E-state index contributed by atoms with van der Waals surface area (Å²) in [5.41, 5.74) is 3.15. The van der Waals surface area contributed by atoms with Crippen molar-refractivity contribution in [2.24, 2.45) is 5.92 Å². The lowest BCUT2D eigenvalue weighted by Gasteiger charge is -2.35. The third-order valence-electron chi connectivity index (χ3n) is 6.56. The molecule has 0 bridgehead atoms. The predicted octanol–water partition coefficient (Wildman–Crippen LogP) is 4.23. The molecule has 0 unspecified atom stereocenters. The topological polar surface area (TPSA) is 52.8 Å². The molecule has 0 N–H and O–H groups in total. The Morgan fingerprint density at radius 1 is 1.03 bits per heavy atom. The van der Waals surface area contributed by atoms with Crippen LogP contribution in [0.2, 0.25) is 0 Å². The Kier molecular flexibility index (Phi) is 8.00. The number of piperidine rings is 1. The molecule has 7 heteroatoms. The molecule has 0 saturated carbocycles. The van der Waals surface area contributed by atoms with E-state index in [0.29, 0.717) is 17.8 Å². The Morgan fingerprint density at radius 2 is 1.74 bits per heavy atom. The number of rotatable bonds is 4. The van der Waals surface area contributed by atoms with Crippen LogP contribution in [0.1, 0.15) is 39.0 Å². The number of aryl methyl sites for hydroxylation is 1. The van der Waals surface area contributed by atoms with Crippen LogP contribution in [0, 0.1) is 12.8 Å². The molecule has 0 spiro atoms. The highest BCUT2D eigenvalue weighted by Gasteiger charge is 2.30. The minimum absolute atomic E-state index is 0. The third kappa shape index (κ3) is 5.60. The van der Waals surface area contributed by atoms with Crippen molar-refractivity contribution in [3.05, 3.63) is 36.4 Å². The molecule has 3 heterocycles. The molecule has 31 heavy (non-hydrogen) atoms. The number of hydrogen-bond acceptors (Lipinski definition) is 5. The van der Waals surface area contributed by atoms with Crippen molar-refractivity contribution < 1.29 is 9.21 Å². The van der Waals surface area contributed by atoms with Gasteiger partial charge in [-0.15, -0.1) is 12.4 Å². The molecule has 4 rings (SSSR count). The van der Waals surface area contributed by atoms with E-state index in [9.17, 15) is 4.79 Å². The van der Waals surface area contributed by atoms with Gasteiger partial charge in [0, 0.05) is 69.4 Å². The largest absolute Gasteiger partial charge is 0.449 e. The Balaban J connectivity index is 0.00000272. The molecule has 6 nitrogen and oxygen atoms in total. The van der Waals surface area contributed by atoms with Gasteiger partial charge in [-0.05, 0) is 45.2 Å². The summed E-state index contributed by atoms with van der Waals surface area (Å²) in [5.74, 6) is 1.23. The highest BCUT2D eigenvalue weighted by molar-refractivity contribution is 5.85. The van der Waals surface area contributed by atoms with Crippen LogP contribution < -0.4 is 4.90 Å². The van der Waals surface area contributed by atoms with Crippen molar-refractivity contribution >= 4 is 24.0 Å². The maximum atomic E-state index is 13.1.